The number of piperidine rings is 1. The zero-order chi connectivity index (χ0) is 15.5. The maximum Gasteiger partial charge on any atom is 0.335 e. The lowest BCUT2D eigenvalue weighted by molar-refractivity contribution is 0.0696. The topological polar surface area (TPSA) is 74.7 Å². The predicted octanol–water partition coefficient (Wildman–Crippen LogP) is 2.03. The summed E-state index contributed by atoms with van der Waals surface area (Å²) < 4.78 is 24.6. The number of likely N-dealkylation sites (tertiary alicyclic amines) is 1. The highest BCUT2D eigenvalue weighted by atomic mass is 32.2. The molecule has 1 fully saturated rings. The SMILES string of the molecule is CC1CCCCN1CCS(=O)(=O)c1ccc(C(=O)O)cc1. The monoisotopic (exact) mass is 311 g/mol. The third kappa shape index (κ3) is 4.04. The molecule has 6 heteroatoms. The van der Waals surface area contributed by atoms with Crippen molar-refractivity contribution in [2.24, 2.45) is 0 Å². The van der Waals surface area contributed by atoms with Crippen LogP contribution in [0.5, 0.6) is 0 Å². The van der Waals surface area contributed by atoms with Crippen LogP contribution in [0.1, 0.15) is 36.5 Å². The van der Waals surface area contributed by atoms with Gasteiger partial charge in [-0.2, -0.15) is 0 Å². The Balaban J connectivity index is 2.02. The van der Waals surface area contributed by atoms with Crippen molar-refractivity contribution in [1.29, 1.82) is 0 Å². The van der Waals surface area contributed by atoms with E-state index in [1.807, 2.05) is 0 Å². The van der Waals surface area contributed by atoms with Gasteiger partial charge in [-0.15, -0.1) is 0 Å². The fraction of sp³-hybridized carbons (Fsp3) is 0.533. The maximum absolute atomic E-state index is 12.3. The van der Waals surface area contributed by atoms with Crippen molar-refractivity contribution >= 4 is 15.8 Å². The molecule has 2 rings (SSSR count). The zero-order valence-electron chi connectivity index (χ0n) is 12.2. The van der Waals surface area contributed by atoms with Gasteiger partial charge in [0.25, 0.3) is 0 Å². The van der Waals surface area contributed by atoms with Crippen molar-refractivity contribution in [1.82, 2.24) is 4.90 Å². The first-order valence-electron chi connectivity index (χ1n) is 7.20. The fourth-order valence-electron chi connectivity index (χ4n) is 2.65. The van der Waals surface area contributed by atoms with E-state index in [2.05, 4.69) is 11.8 Å². The van der Waals surface area contributed by atoms with E-state index in [1.54, 1.807) is 0 Å². The average Bonchev–Trinajstić information content (AvgIpc) is 2.46. The van der Waals surface area contributed by atoms with Gasteiger partial charge in [0.1, 0.15) is 0 Å². The Labute approximate surface area is 125 Å². The average molecular weight is 311 g/mol. The van der Waals surface area contributed by atoms with Crippen molar-refractivity contribution in [3.63, 3.8) is 0 Å². The lowest BCUT2D eigenvalue weighted by Crippen LogP contribution is -2.40. The van der Waals surface area contributed by atoms with Gasteiger partial charge >= 0.3 is 5.97 Å². The maximum atomic E-state index is 12.3. The fourth-order valence-corrected chi connectivity index (χ4v) is 3.91. The van der Waals surface area contributed by atoms with E-state index in [9.17, 15) is 13.2 Å². The Hall–Kier alpha value is -1.40. The van der Waals surface area contributed by atoms with Crippen LogP contribution in [0.2, 0.25) is 0 Å². The summed E-state index contributed by atoms with van der Waals surface area (Å²) in [6.07, 6.45) is 3.45. The van der Waals surface area contributed by atoms with Crippen molar-refractivity contribution in [3.8, 4) is 0 Å². The molecule has 1 unspecified atom stereocenters. The molecule has 0 bridgehead atoms. The summed E-state index contributed by atoms with van der Waals surface area (Å²) in [7, 11) is -3.36. The summed E-state index contributed by atoms with van der Waals surface area (Å²) in [6.45, 7) is 3.62. The van der Waals surface area contributed by atoms with Crippen LogP contribution in [-0.2, 0) is 9.84 Å². The Kier molecular flexibility index (Phi) is 5.00. The summed E-state index contributed by atoms with van der Waals surface area (Å²) in [5.41, 5.74) is 0.0959. The van der Waals surface area contributed by atoms with Gasteiger partial charge in [0.05, 0.1) is 16.2 Å². The first-order chi connectivity index (χ1) is 9.90. The molecular weight excluding hydrogens is 290 g/mol. The van der Waals surface area contributed by atoms with Crippen LogP contribution >= 0.6 is 0 Å². The number of rotatable bonds is 5. The van der Waals surface area contributed by atoms with Gasteiger partial charge in [0.15, 0.2) is 9.84 Å². The molecule has 1 N–H and O–H groups in total. The second-order valence-electron chi connectivity index (χ2n) is 5.53. The van der Waals surface area contributed by atoms with E-state index >= 15 is 0 Å². The summed E-state index contributed by atoms with van der Waals surface area (Å²) in [6, 6.07) is 5.84. The first kappa shape index (κ1) is 16.0. The number of carbonyl (C=O) groups is 1. The summed E-state index contributed by atoms with van der Waals surface area (Å²) >= 11 is 0. The van der Waals surface area contributed by atoms with Crippen LogP contribution in [0.4, 0.5) is 0 Å². The van der Waals surface area contributed by atoms with Gasteiger partial charge in [0.2, 0.25) is 0 Å². The molecule has 0 amide bonds. The van der Waals surface area contributed by atoms with Gasteiger partial charge in [-0.25, -0.2) is 13.2 Å². The number of carboxylic acid groups (broad SMARTS) is 1. The number of sulfone groups is 1. The Morgan fingerprint density at radius 1 is 1.29 bits per heavy atom. The van der Waals surface area contributed by atoms with Crippen LogP contribution < -0.4 is 0 Å². The largest absolute Gasteiger partial charge is 0.478 e. The quantitative estimate of drug-likeness (QED) is 0.900. The number of aromatic carboxylic acids is 1. The summed E-state index contributed by atoms with van der Waals surface area (Å²) in [4.78, 5) is 13.2. The highest BCUT2D eigenvalue weighted by Crippen LogP contribution is 2.18. The van der Waals surface area contributed by atoms with Gasteiger partial charge in [-0.3, -0.25) is 4.90 Å². The standard InChI is InChI=1S/C15H21NO4S/c1-12-4-2-3-9-16(12)10-11-21(19,20)14-7-5-13(6-8-14)15(17)18/h5-8,12H,2-4,9-11H2,1H3,(H,17,18). The van der Waals surface area contributed by atoms with Crippen molar-refractivity contribution in [2.75, 3.05) is 18.8 Å². The van der Waals surface area contributed by atoms with E-state index in [4.69, 9.17) is 5.11 Å². The Bertz CT molecular complexity index is 595. The smallest absolute Gasteiger partial charge is 0.335 e. The van der Waals surface area contributed by atoms with Crippen LogP contribution in [0.3, 0.4) is 0 Å². The third-order valence-electron chi connectivity index (χ3n) is 4.05. The molecule has 1 aromatic rings. The second-order valence-corrected chi connectivity index (χ2v) is 7.64. The first-order valence-corrected chi connectivity index (χ1v) is 8.85. The normalized spacial score (nSPS) is 20.3. The molecule has 1 aliphatic rings. The number of carboxylic acids is 1. The molecule has 1 aromatic carbocycles. The molecule has 1 atom stereocenters. The van der Waals surface area contributed by atoms with Crippen molar-refractivity contribution < 1.29 is 18.3 Å². The number of hydrogen-bond acceptors (Lipinski definition) is 4. The minimum Gasteiger partial charge on any atom is -0.478 e. The zero-order valence-corrected chi connectivity index (χ0v) is 13.0. The lowest BCUT2D eigenvalue weighted by Gasteiger charge is -2.33. The Morgan fingerprint density at radius 3 is 2.52 bits per heavy atom. The highest BCUT2D eigenvalue weighted by Gasteiger charge is 2.22. The summed E-state index contributed by atoms with van der Waals surface area (Å²) in [5.74, 6) is -0.981. The molecule has 1 aliphatic heterocycles. The molecule has 21 heavy (non-hydrogen) atoms. The minimum atomic E-state index is -3.36. The van der Waals surface area contributed by atoms with Crippen LogP contribution in [0.25, 0.3) is 0 Å². The molecular formula is C15H21NO4S. The number of benzene rings is 1. The van der Waals surface area contributed by atoms with E-state index in [0.29, 0.717) is 12.6 Å². The molecule has 0 saturated carbocycles. The lowest BCUT2D eigenvalue weighted by atomic mass is 10.0. The highest BCUT2D eigenvalue weighted by molar-refractivity contribution is 7.91. The van der Waals surface area contributed by atoms with E-state index in [1.165, 1.54) is 30.7 Å². The molecule has 1 saturated heterocycles. The number of hydrogen-bond donors (Lipinski definition) is 1. The van der Waals surface area contributed by atoms with Gasteiger partial charge in [-0.1, -0.05) is 6.42 Å². The molecule has 1 heterocycles. The van der Waals surface area contributed by atoms with Gasteiger partial charge < -0.3 is 5.11 Å². The Morgan fingerprint density at radius 2 is 1.95 bits per heavy atom. The molecule has 5 nitrogen and oxygen atoms in total. The van der Waals surface area contributed by atoms with E-state index in [-0.39, 0.29) is 16.2 Å². The molecule has 0 radical (unpaired) electrons. The van der Waals surface area contributed by atoms with Crippen LogP contribution in [0, 0.1) is 0 Å². The second kappa shape index (κ2) is 6.58. The van der Waals surface area contributed by atoms with Gasteiger partial charge in [0, 0.05) is 12.6 Å². The summed E-state index contributed by atoms with van der Waals surface area (Å²) in [5, 5.41) is 8.83. The van der Waals surface area contributed by atoms with E-state index in [0.717, 1.165) is 19.4 Å². The molecule has 0 spiro atoms. The van der Waals surface area contributed by atoms with Crippen molar-refractivity contribution in [2.45, 2.75) is 37.1 Å². The molecule has 116 valence electrons. The number of nitrogens with zero attached hydrogens (tertiary/aromatic N) is 1. The minimum absolute atomic E-state index is 0.0732. The van der Waals surface area contributed by atoms with E-state index < -0.39 is 15.8 Å². The molecule has 0 aliphatic carbocycles. The third-order valence-corrected chi connectivity index (χ3v) is 5.76. The van der Waals surface area contributed by atoms with Crippen LogP contribution in [-0.4, -0.2) is 49.3 Å². The van der Waals surface area contributed by atoms with Crippen molar-refractivity contribution in [3.05, 3.63) is 29.8 Å². The van der Waals surface area contributed by atoms with Crippen LogP contribution in [0.15, 0.2) is 29.2 Å². The van der Waals surface area contributed by atoms with Gasteiger partial charge in [-0.05, 0) is 50.6 Å². The molecule has 0 aromatic heterocycles. The predicted molar refractivity (Wildman–Crippen MR) is 80.3 cm³/mol.